The smallest absolute Gasteiger partial charge is 0.236 e. The first-order valence-corrected chi connectivity index (χ1v) is 8.84. The summed E-state index contributed by atoms with van der Waals surface area (Å²) in [6.07, 6.45) is 2.07. The van der Waals surface area contributed by atoms with Crippen LogP contribution in [-0.4, -0.2) is 65.9 Å². The lowest BCUT2D eigenvalue weighted by molar-refractivity contribution is -0.132. The van der Waals surface area contributed by atoms with Gasteiger partial charge in [-0.05, 0) is 40.3 Å². The second kappa shape index (κ2) is 8.94. The lowest BCUT2D eigenvalue weighted by atomic mass is 10.2. The Balaban J connectivity index is 2.17. The number of likely N-dealkylation sites (tertiary alicyclic amines) is 1. The van der Waals surface area contributed by atoms with Crippen LogP contribution in [0.15, 0.2) is 6.07 Å². The minimum Gasteiger partial charge on any atom is -0.373 e. The predicted molar refractivity (Wildman–Crippen MR) is 95.8 cm³/mol. The lowest BCUT2D eigenvalue weighted by Gasteiger charge is -2.27. The fraction of sp³-hybridized carbons (Fsp3) is 0.706. The molecule has 1 aromatic heterocycles. The van der Waals surface area contributed by atoms with Crippen LogP contribution in [0.25, 0.3) is 0 Å². The van der Waals surface area contributed by atoms with Crippen LogP contribution in [0.5, 0.6) is 0 Å². The summed E-state index contributed by atoms with van der Waals surface area (Å²) < 4.78 is 0. The molecule has 1 aliphatic rings. The number of rotatable bonds is 8. The summed E-state index contributed by atoms with van der Waals surface area (Å²) in [5.41, 5.74) is 0.966. The summed E-state index contributed by atoms with van der Waals surface area (Å²) in [6, 6.07) is 2.08. The monoisotopic (exact) mass is 334 g/mol. The van der Waals surface area contributed by atoms with Crippen LogP contribution in [0.4, 0.5) is 5.82 Å². The summed E-state index contributed by atoms with van der Waals surface area (Å²) in [5, 5.41) is 6.24. The van der Waals surface area contributed by atoms with Crippen LogP contribution in [0.3, 0.4) is 0 Å². The fourth-order valence-corrected chi connectivity index (χ4v) is 3.22. The van der Waals surface area contributed by atoms with E-state index in [9.17, 15) is 4.79 Å². The van der Waals surface area contributed by atoms with E-state index in [2.05, 4.69) is 20.5 Å². The lowest BCUT2D eigenvalue weighted by Crippen LogP contribution is -2.40. The van der Waals surface area contributed by atoms with Crippen molar-refractivity contribution in [3.8, 4) is 0 Å². The normalized spacial score (nSPS) is 17.9. The standard InChI is InChI=1S/C17H30N6O/c1-5-22(6-2)16(24)12-23-9-7-8-14(23)17-20-13(11-18-3)10-15(19-4)21-17/h10,14,18H,5-9,11-12H2,1-4H3,(H,19,20,21). The molecule has 24 heavy (non-hydrogen) atoms. The molecular weight excluding hydrogens is 304 g/mol. The summed E-state index contributed by atoms with van der Waals surface area (Å²) in [4.78, 5) is 25.9. The van der Waals surface area contributed by atoms with Crippen molar-refractivity contribution in [3.05, 3.63) is 17.6 Å². The summed E-state index contributed by atoms with van der Waals surface area (Å²) in [7, 11) is 3.77. The van der Waals surface area contributed by atoms with E-state index in [0.29, 0.717) is 13.1 Å². The molecule has 1 amide bonds. The van der Waals surface area contributed by atoms with Crippen LogP contribution >= 0.6 is 0 Å². The Morgan fingerprint density at radius 3 is 2.71 bits per heavy atom. The number of amides is 1. The van der Waals surface area contributed by atoms with Gasteiger partial charge in [-0.3, -0.25) is 9.69 Å². The van der Waals surface area contributed by atoms with E-state index in [1.54, 1.807) is 0 Å². The van der Waals surface area contributed by atoms with E-state index < -0.39 is 0 Å². The molecule has 134 valence electrons. The zero-order valence-electron chi connectivity index (χ0n) is 15.3. The van der Waals surface area contributed by atoms with Gasteiger partial charge in [0.1, 0.15) is 11.6 Å². The summed E-state index contributed by atoms with van der Waals surface area (Å²) in [5.74, 6) is 1.83. The van der Waals surface area contributed by atoms with Crippen molar-refractivity contribution in [2.75, 3.05) is 45.6 Å². The molecule has 7 nitrogen and oxygen atoms in total. The van der Waals surface area contributed by atoms with Crippen molar-refractivity contribution < 1.29 is 4.79 Å². The number of carbonyl (C=O) groups is 1. The highest BCUT2D eigenvalue weighted by molar-refractivity contribution is 5.78. The molecule has 0 spiro atoms. The van der Waals surface area contributed by atoms with Gasteiger partial charge in [-0.15, -0.1) is 0 Å². The second-order valence-corrected chi connectivity index (χ2v) is 6.08. The molecule has 2 N–H and O–H groups in total. The van der Waals surface area contributed by atoms with Crippen molar-refractivity contribution in [3.63, 3.8) is 0 Å². The van der Waals surface area contributed by atoms with Gasteiger partial charge in [-0.1, -0.05) is 0 Å². The molecule has 0 radical (unpaired) electrons. The third-order valence-electron chi connectivity index (χ3n) is 4.53. The molecule has 0 aromatic carbocycles. The average molecular weight is 334 g/mol. The Morgan fingerprint density at radius 2 is 2.08 bits per heavy atom. The van der Waals surface area contributed by atoms with Crippen LogP contribution < -0.4 is 10.6 Å². The Labute approximate surface area is 144 Å². The number of likely N-dealkylation sites (N-methyl/N-ethyl adjacent to an activating group) is 1. The highest BCUT2D eigenvalue weighted by Gasteiger charge is 2.31. The number of nitrogens with zero attached hydrogens (tertiary/aromatic N) is 4. The van der Waals surface area contributed by atoms with Crippen LogP contribution in [0.2, 0.25) is 0 Å². The maximum absolute atomic E-state index is 12.5. The van der Waals surface area contributed by atoms with Gasteiger partial charge in [0.2, 0.25) is 5.91 Å². The zero-order chi connectivity index (χ0) is 17.5. The van der Waals surface area contributed by atoms with Crippen molar-refractivity contribution >= 4 is 11.7 Å². The molecule has 0 bridgehead atoms. The van der Waals surface area contributed by atoms with Crippen LogP contribution in [-0.2, 0) is 11.3 Å². The van der Waals surface area contributed by atoms with E-state index in [-0.39, 0.29) is 11.9 Å². The second-order valence-electron chi connectivity index (χ2n) is 6.08. The van der Waals surface area contributed by atoms with Crippen LogP contribution in [0, 0.1) is 0 Å². The highest BCUT2D eigenvalue weighted by atomic mass is 16.2. The number of nitrogens with one attached hydrogen (secondary N) is 2. The Morgan fingerprint density at radius 1 is 1.33 bits per heavy atom. The largest absolute Gasteiger partial charge is 0.373 e. The molecule has 2 heterocycles. The molecule has 7 heteroatoms. The molecule has 0 saturated carbocycles. The predicted octanol–water partition coefficient (Wildman–Crippen LogP) is 1.24. The van der Waals surface area contributed by atoms with Gasteiger partial charge in [-0.2, -0.15) is 0 Å². The van der Waals surface area contributed by atoms with Gasteiger partial charge >= 0.3 is 0 Å². The van der Waals surface area contributed by atoms with Gasteiger partial charge < -0.3 is 15.5 Å². The first kappa shape index (κ1) is 18.6. The third-order valence-corrected chi connectivity index (χ3v) is 4.53. The first-order chi connectivity index (χ1) is 11.6. The third kappa shape index (κ3) is 4.42. The first-order valence-electron chi connectivity index (χ1n) is 8.84. The van der Waals surface area contributed by atoms with Crippen LogP contribution in [0.1, 0.15) is 44.2 Å². The Hall–Kier alpha value is -1.73. The maximum Gasteiger partial charge on any atom is 0.236 e. The minimum absolute atomic E-state index is 0.119. The zero-order valence-corrected chi connectivity index (χ0v) is 15.3. The molecule has 1 unspecified atom stereocenters. The average Bonchev–Trinajstić information content (AvgIpc) is 3.04. The minimum atomic E-state index is 0.119. The van der Waals surface area contributed by atoms with Gasteiger partial charge in [0.15, 0.2) is 0 Å². The van der Waals surface area contributed by atoms with E-state index in [0.717, 1.165) is 49.8 Å². The number of hydrogen-bond donors (Lipinski definition) is 2. The molecule has 1 atom stereocenters. The number of anilines is 1. The summed E-state index contributed by atoms with van der Waals surface area (Å²) in [6.45, 7) is 7.62. The molecule has 0 aliphatic carbocycles. The number of hydrogen-bond acceptors (Lipinski definition) is 6. The van der Waals surface area contributed by atoms with Gasteiger partial charge in [-0.25, -0.2) is 9.97 Å². The van der Waals surface area contributed by atoms with E-state index in [1.807, 2.05) is 38.9 Å². The molecule has 1 aromatic rings. The highest BCUT2D eigenvalue weighted by Crippen LogP contribution is 2.30. The number of aromatic nitrogens is 2. The Kier molecular flexibility index (Phi) is 6.93. The fourth-order valence-electron chi connectivity index (χ4n) is 3.22. The topological polar surface area (TPSA) is 73.4 Å². The van der Waals surface area contributed by atoms with Crippen molar-refractivity contribution in [2.24, 2.45) is 0 Å². The number of carbonyl (C=O) groups excluding carboxylic acids is 1. The maximum atomic E-state index is 12.5. The van der Waals surface area contributed by atoms with E-state index in [1.165, 1.54) is 0 Å². The molecular formula is C17H30N6O. The van der Waals surface area contributed by atoms with Crippen molar-refractivity contribution in [1.29, 1.82) is 0 Å². The quantitative estimate of drug-likeness (QED) is 0.745. The molecule has 2 rings (SSSR count). The van der Waals surface area contributed by atoms with Crippen molar-refractivity contribution in [1.82, 2.24) is 25.1 Å². The summed E-state index contributed by atoms with van der Waals surface area (Å²) >= 11 is 0. The van der Waals surface area contributed by atoms with Crippen molar-refractivity contribution in [2.45, 2.75) is 39.3 Å². The SMILES string of the molecule is CCN(CC)C(=O)CN1CCCC1c1nc(CNC)cc(NC)n1. The van der Waals surface area contributed by atoms with Gasteiger partial charge in [0.05, 0.1) is 18.3 Å². The van der Waals surface area contributed by atoms with E-state index in [4.69, 9.17) is 4.98 Å². The van der Waals surface area contributed by atoms with Gasteiger partial charge in [0, 0.05) is 32.7 Å². The molecule has 1 saturated heterocycles. The Bertz CT molecular complexity index is 546. The molecule has 1 fully saturated rings. The van der Waals surface area contributed by atoms with Gasteiger partial charge in [0.25, 0.3) is 0 Å². The van der Waals surface area contributed by atoms with E-state index >= 15 is 0 Å². The molecule has 1 aliphatic heterocycles.